The second-order valence-electron chi connectivity index (χ2n) is 6.01. The second-order valence-corrected chi connectivity index (χ2v) is 6.01. The molecule has 3 atom stereocenters. The predicted octanol–water partition coefficient (Wildman–Crippen LogP) is 3.10. The Kier molecular flexibility index (Phi) is 2.51. The van der Waals surface area contributed by atoms with Gasteiger partial charge in [0, 0.05) is 12.5 Å². The van der Waals surface area contributed by atoms with Crippen LogP contribution in [0.5, 0.6) is 0 Å². The summed E-state index contributed by atoms with van der Waals surface area (Å²) < 4.78 is 0. The van der Waals surface area contributed by atoms with Gasteiger partial charge in [0.05, 0.1) is 6.04 Å². The van der Waals surface area contributed by atoms with Crippen LogP contribution in [0.4, 0.5) is 0 Å². The van der Waals surface area contributed by atoms with Crippen LogP contribution in [0, 0.1) is 11.8 Å². The Hall–Kier alpha value is -1.57. The van der Waals surface area contributed by atoms with E-state index in [2.05, 4.69) is 41.3 Å². The van der Waals surface area contributed by atoms with Crippen LogP contribution in [0.3, 0.4) is 0 Å². The van der Waals surface area contributed by atoms with Crippen molar-refractivity contribution in [2.75, 3.05) is 6.54 Å². The molecule has 1 aliphatic carbocycles. The number of fused-ring (bicyclic) bond motifs is 4. The van der Waals surface area contributed by atoms with Crippen molar-refractivity contribution in [3.05, 3.63) is 47.5 Å². The van der Waals surface area contributed by atoms with Gasteiger partial charge in [0.2, 0.25) is 5.91 Å². The quantitative estimate of drug-likeness (QED) is 0.651. The van der Waals surface area contributed by atoms with E-state index in [1.807, 2.05) is 0 Å². The highest BCUT2D eigenvalue weighted by Gasteiger charge is 2.43. The number of benzene rings is 1. The van der Waals surface area contributed by atoms with Gasteiger partial charge in [-0.15, -0.1) is 0 Å². The van der Waals surface area contributed by atoms with Crippen LogP contribution in [-0.4, -0.2) is 17.4 Å². The summed E-state index contributed by atoms with van der Waals surface area (Å²) in [6, 6.07) is 8.98. The minimum Gasteiger partial charge on any atom is -0.335 e. The Balaban J connectivity index is 1.74. The predicted molar refractivity (Wildman–Crippen MR) is 74.6 cm³/mol. The molecule has 0 spiro atoms. The molecule has 2 heteroatoms. The molecule has 0 unspecified atom stereocenters. The zero-order valence-electron chi connectivity index (χ0n) is 11.1. The lowest BCUT2D eigenvalue weighted by Gasteiger charge is -2.47. The normalized spacial score (nSPS) is 32.5. The number of piperidine rings is 1. The van der Waals surface area contributed by atoms with Gasteiger partial charge in [-0.1, -0.05) is 36.4 Å². The van der Waals surface area contributed by atoms with Gasteiger partial charge in [-0.3, -0.25) is 4.79 Å². The summed E-state index contributed by atoms with van der Waals surface area (Å²) >= 11 is 0. The molecule has 4 rings (SSSR count). The fraction of sp³-hybridized carbons (Fsp3) is 0.471. The molecule has 0 saturated carbocycles. The average Bonchev–Trinajstić information content (AvgIpc) is 2.47. The van der Waals surface area contributed by atoms with Crippen molar-refractivity contribution in [3.63, 3.8) is 0 Å². The first kappa shape index (κ1) is 11.3. The van der Waals surface area contributed by atoms with Crippen LogP contribution >= 0.6 is 0 Å². The molecule has 1 amide bonds. The Bertz CT molecular complexity index is 548. The van der Waals surface area contributed by atoms with Gasteiger partial charge in [0.25, 0.3) is 0 Å². The topological polar surface area (TPSA) is 20.3 Å². The highest BCUT2D eigenvalue weighted by molar-refractivity contribution is 5.81. The van der Waals surface area contributed by atoms with Crippen molar-refractivity contribution in [3.8, 4) is 0 Å². The number of hydrogen-bond acceptors (Lipinski definition) is 1. The maximum atomic E-state index is 12.7. The molecule has 0 aromatic heterocycles. The van der Waals surface area contributed by atoms with E-state index in [0.29, 0.717) is 17.9 Å². The first-order chi connectivity index (χ1) is 9.34. The van der Waals surface area contributed by atoms with E-state index < -0.39 is 0 Å². The molecule has 2 aliphatic heterocycles. The van der Waals surface area contributed by atoms with Crippen LogP contribution in [0.2, 0.25) is 0 Å². The monoisotopic (exact) mass is 253 g/mol. The highest BCUT2D eigenvalue weighted by Crippen LogP contribution is 2.44. The molecule has 1 fully saturated rings. The standard InChI is InChI=1S/C17H19NO/c19-17-15-8-4-2-6-13(15)11-16-14-7-3-1-5-12(14)9-10-18(16)17/h1-3,5-7,13,15-16H,4,8-11H2/t13-,15-,16-/m1/s1. The molecule has 1 aromatic rings. The molecule has 0 radical (unpaired) electrons. The molecular weight excluding hydrogens is 234 g/mol. The van der Waals surface area contributed by atoms with E-state index in [1.165, 1.54) is 11.1 Å². The molecule has 0 bridgehead atoms. The van der Waals surface area contributed by atoms with Crippen molar-refractivity contribution >= 4 is 5.91 Å². The van der Waals surface area contributed by atoms with Crippen molar-refractivity contribution in [1.82, 2.24) is 4.90 Å². The molecule has 1 aromatic carbocycles. The number of allylic oxidation sites excluding steroid dienone is 2. The zero-order valence-corrected chi connectivity index (χ0v) is 11.1. The number of nitrogens with zero attached hydrogens (tertiary/aromatic N) is 1. The SMILES string of the molecule is O=C1[C@@H]2CCC=C[C@@H]2C[C@@H]2c3ccccc3CCN12. The summed E-state index contributed by atoms with van der Waals surface area (Å²) in [4.78, 5) is 14.9. The van der Waals surface area contributed by atoms with Crippen LogP contribution in [0.25, 0.3) is 0 Å². The van der Waals surface area contributed by atoms with Gasteiger partial charge >= 0.3 is 0 Å². The highest BCUT2D eigenvalue weighted by atomic mass is 16.2. The fourth-order valence-corrected chi connectivity index (χ4v) is 4.08. The third-order valence-corrected chi connectivity index (χ3v) is 5.05. The minimum absolute atomic E-state index is 0.256. The van der Waals surface area contributed by atoms with Crippen LogP contribution < -0.4 is 0 Å². The molecule has 19 heavy (non-hydrogen) atoms. The van der Waals surface area contributed by atoms with Gasteiger partial charge < -0.3 is 4.90 Å². The lowest BCUT2D eigenvalue weighted by molar-refractivity contribution is -0.145. The van der Waals surface area contributed by atoms with E-state index >= 15 is 0 Å². The van der Waals surface area contributed by atoms with E-state index in [0.717, 1.165) is 32.2 Å². The largest absolute Gasteiger partial charge is 0.335 e. The molecule has 3 aliphatic rings. The summed E-state index contributed by atoms with van der Waals surface area (Å²) in [6.45, 7) is 0.910. The maximum absolute atomic E-state index is 12.7. The van der Waals surface area contributed by atoms with Crippen molar-refractivity contribution in [1.29, 1.82) is 0 Å². The number of rotatable bonds is 0. The first-order valence-electron chi connectivity index (χ1n) is 7.39. The van der Waals surface area contributed by atoms with Gasteiger partial charge in [-0.25, -0.2) is 0 Å². The maximum Gasteiger partial charge on any atom is 0.226 e. The average molecular weight is 253 g/mol. The number of carbonyl (C=O) groups is 1. The summed E-state index contributed by atoms with van der Waals surface area (Å²) in [5.41, 5.74) is 2.83. The van der Waals surface area contributed by atoms with Crippen LogP contribution in [0.15, 0.2) is 36.4 Å². The molecule has 98 valence electrons. The Morgan fingerprint density at radius 1 is 1.21 bits per heavy atom. The minimum atomic E-state index is 0.256. The lowest BCUT2D eigenvalue weighted by atomic mass is 9.73. The third kappa shape index (κ3) is 1.66. The van der Waals surface area contributed by atoms with Crippen LogP contribution in [0.1, 0.15) is 36.4 Å². The van der Waals surface area contributed by atoms with Gasteiger partial charge in [0.1, 0.15) is 0 Å². The number of carbonyl (C=O) groups excluding carboxylic acids is 1. The van der Waals surface area contributed by atoms with Crippen molar-refractivity contribution < 1.29 is 4.79 Å². The smallest absolute Gasteiger partial charge is 0.226 e. The third-order valence-electron chi connectivity index (χ3n) is 5.05. The number of hydrogen-bond donors (Lipinski definition) is 0. The molecule has 1 saturated heterocycles. The van der Waals surface area contributed by atoms with Crippen molar-refractivity contribution in [2.45, 2.75) is 31.7 Å². The second kappa shape index (κ2) is 4.22. The Morgan fingerprint density at radius 3 is 3.05 bits per heavy atom. The van der Waals surface area contributed by atoms with Gasteiger partial charge in [-0.2, -0.15) is 0 Å². The zero-order chi connectivity index (χ0) is 12.8. The van der Waals surface area contributed by atoms with Crippen molar-refractivity contribution in [2.24, 2.45) is 11.8 Å². The Morgan fingerprint density at radius 2 is 2.11 bits per heavy atom. The summed E-state index contributed by atoms with van der Waals surface area (Å²) in [7, 11) is 0. The molecule has 2 nitrogen and oxygen atoms in total. The summed E-state index contributed by atoms with van der Waals surface area (Å²) in [5.74, 6) is 1.13. The first-order valence-corrected chi connectivity index (χ1v) is 7.39. The van der Waals surface area contributed by atoms with Gasteiger partial charge in [-0.05, 0) is 42.7 Å². The summed E-state index contributed by atoms with van der Waals surface area (Å²) in [6.07, 6.45) is 8.81. The lowest BCUT2D eigenvalue weighted by Crippen LogP contribution is -2.50. The summed E-state index contributed by atoms with van der Waals surface area (Å²) in [5, 5.41) is 0. The molecule has 2 heterocycles. The van der Waals surface area contributed by atoms with Gasteiger partial charge in [0.15, 0.2) is 0 Å². The van der Waals surface area contributed by atoms with E-state index in [-0.39, 0.29) is 5.92 Å². The van der Waals surface area contributed by atoms with E-state index in [1.54, 1.807) is 0 Å². The van der Waals surface area contributed by atoms with Crippen LogP contribution in [-0.2, 0) is 11.2 Å². The molecule has 0 N–H and O–H groups in total. The number of amides is 1. The van der Waals surface area contributed by atoms with E-state index in [4.69, 9.17) is 0 Å². The van der Waals surface area contributed by atoms with E-state index in [9.17, 15) is 4.79 Å². The fourth-order valence-electron chi connectivity index (χ4n) is 4.08. The Labute approximate surface area is 114 Å². The molecular formula is C17H19NO.